The molecular weight excluding hydrogens is 354 g/mol. The minimum absolute atomic E-state index is 0.310. The summed E-state index contributed by atoms with van der Waals surface area (Å²) in [6, 6.07) is 12.2. The van der Waals surface area contributed by atoms with Gasteiger partial charge in [0.05, 0.1) is 11.9 Å². The minimum Gasteiger partial charge on any atom is -0.366 e. The third kappa shape index (κ3) is 3.42. The molecule has 26 heavy (non-hydrogen) atoms. The number of hydrogen-bond acceptors (Lipinski definition) is 2. The molecule has 0 N–H and O–H groups in total. The maximum atomic E-state index is 13.9. The van der Waals surface area contributed by atoms with Gasteiger partial charge < -0.3 is 4.90 Å². The van der Waals surface area contributed by atoms with Crippen molar-refractivity contribution >= 4 is 17.3 Å². The summed E-state index contributed by atoms with van der Waals surface area (Å²) >= 11 is 6.07. The molecule has 0 unspecified atom stereocenters. The van der Waals surface area contributed by atoms with Crippen LogP contribution < -0.4 is 4.90 Å². The zero-order valence-electron chi connectivity index (χ0n) is 14.1. The predicted octanol–water partition coefficient (Wildman–Crippen LogP) is 5.17. The van der Waals surface area contributed by atoms with Crippen molar-refractivity contribution in [3.05, 3.63) is 93.8 Å². The lowest BCUT2D eigenvalue weighted by Crippen LogP contribution is -2.30. The first-order valence-electron chi connectivity index (χ1n) is 8.49. The Hall–Kier alpha value is -2.46. The molecule has 0 saturated carbocycles. The van der Waals surface area contributed by atoms with E-state index < -0.39 is 11.6 Å². The Morgan fingerprint density at radius 2 is 1.92 bits per heavy atom. The van der Waals surface area contributed by atoms with Crippen molar-refractivity contribution in [2.24, 2.45) is 0 Å². The lowest BCUT2D eigenvalue weighted by molar-refractivity contribution is 0.501. The van der Waals surface area contributed by atoms with Crippen LogP contribution in [0.25, 0.3) is 0 Å². The highest BCUT2D eigenvalue weighted by Gasteiger charge is 2.17. The molecular formula is C21H17ClF2N2. The lowest BCUT2D eigenvalue weighted by atomic mass is 9.99. The first-order valence-corrected chi connectivity index (χ1v) is 8.87. The molecule has 0 aliphatic carbocycles. The largest absolute Gasteiger partial charge is 0.366 e. The number of aromatic nitrogens is 1. The van der Waals surface area contributed by atoms with E-state index in [1.807, 2.05) is 24.4 Å². The third-order valence-corrected chi connectivity index (χ3v) is 4.99. The maximum absolute atomic E-state index is 13.9. The van der Waals surface area contributed by atoms with Gasteiger partial charge in [-0.05, 0) is 52.9 Å². The number of rotatable bonds is 3. The second-order valence-electron chi connectivity index (χ2n) is 6.53. The summed E-state index contributed by atoms with van der Waals surface area (Å²) in [4.78, 5) is 6.54. The molecule has 2 aromatic carbocycles. The quantitative estimate of drug-likeness (QED) is 0.632. The molecule has 1 aliphatic rings. The second-order valence-corrected chi connectivity index (χ2v) is 6.96. The van der Waals surface area contributed by atoms with Gasteiger partial charge in [0, 0.05) is 30.7 Å². The van der Waals surface area contributed by atoms with Crippen LogP contribution in [0.4, 0.5) is 14.5 Å². The van der Waals surface area contributed by atoms with Gasteiger partial charge in [-0.2, -0.15) is 0 Å². The SMILES string of the molecule is Fc1cccc(Cc2cncc(N3CCc4cc(Cl)ccc4C3)c2)c1F. The number of pyridine rings is 1. The fourth-order valence-corrected chi connectivity index (χ4v) is 3.59. The molecule has 132 valence electrons. The number of fused-ring (bicyclic) bond motifs is 1. The van der Waals surface area contributed by atoms with E-state index in [2.05, 4.69) is 16.0 Å². The van der Waals surface area contributed by atoms with Crippen LogP contribution in [0, 0.1) is 11.6 Å². The third-order valence-electron chi connectivity index (χ3n) is 4.75. The summed E-state index contributed by atoms with van der Waals surface area (Å²) in [6.45, 7) is 1.65. The summed E-state index contributed by atoms with van der Waals surface area (Å²) in [5.74, 6) is -1.61. The van der Waals surface area contributed by atoms with Gasteiger partial charge in [-0.25, -0.2) is 8.78 Å². The molecule has 2 heterocycles. The number of anilines is 1. The van der Waals surface area contributed by atoms with Gasteiger partial charge in [-0.1, -0.05) is 29.8 Å². The van der Waals surface area contributed by atoms with Crippen molar-refractivity contribution in [1.82, 2.24) is 4.98 Å². The van der Waals surface area contributed by atoms with E-state index in [4.69, 9.17) is 11.6 Å². The van der Waals surface area contributed by atoms with Gasteiger partial charge >= 0.3 is 0 Å². The summed E-state index contributed by atoms with van der Waals surface area (Å²) in [7, 11) is 0. The molecule has 0 spiro atoms. The molecule has 4 rings (SSSR count). The molecule has 0 atom stereocenters. The molecule has 0 radical (unpaired) electrons. The topological polar surface area (TPSA) is 16.1 Å². The summed E-state index contributed by atoms with van der Waals surface area (Å²) in [6.07, 6.45) is 4.74. The molecule has 0 bridgehead atoms. The zero-order valence-corrected chi connectivity index (χ0v) is 14.8. The Kier molecular flexibility index (Phi) is 4.60. The first kappa shape index (κ1) is 17.0. The highest BCUT2D eigenvalue weighted by molar-refractivity contribution is 6.30. The molecule has 5 heteroatoms. The van der Waals surface area contributed by atoms with Crippen LogP contribution in [0.1, 0.15) is 22.3 Å². The van der Waals surface area contributed by atoms with Gasteiger partial charge in [0.1, 0.15) is 0 Å². The molecule has 0 saturated heterocycles. The van der Waals surface area contributed by atoms with E-state index in [0.717, 1.165) is 41.9 Å². The molecule has 3 aromatic rings. The monoisotopic (exact) mass is 370 g/mol. The van der Waals surface area contributed by atoms with Crippen LogP contribution in [0.5, 0.6) is 0 Å². The number of hydrogen-bond donors (Lipinski definition) is 0. The average molecular weight is 371 g/mol. The lowest BCUT2D eigenvalue weighted by Gasteiger charge is -2.30. The van der Waals surface area contributed by atoms with Crippen molar-refractivity contribution in [3.63, 3.8) is 0 Å². The van der Waals surface area contributed by atoms with Crippen molar-refractivity contribution in [2.45, 2.75) is 19.4 Å². The number of nitrogens with zero attached hydrogens (tertiary/aromatic N) is 2. The highest BCUT2D eigenvalue weighted by Crippen LogP contribution is 2.27. The highest BCUT2D eigenvalue weighted by atomic mass is 35.5. The summed E-state index contributed by atoms with van der Waals surface area (Å²) in [5.41, 5.74) is 4.71. The van der Waals surface area contributed by atoms with Gasteiger partial charge in [-0.3, -0.25) is 4.98 Å². The zero-order chi connectivity index (χ0) is 18.1. The fourth-order valence-electron chi connectivity index (χ4n) is 3.39. The molecule has 0 fully saturated rings. The summed E-state index contributed by atoms with van der Waals surface area (Å²) in [5, 5.41) is 0.762. The van der Waals surface area contributed by atoms with Crippen LogP contribution in [-0.4, -0.2) is 11.5 Å². The standard InChI is InChI=1S/C21H17ClF2N2/c22-18-5-4-17-13-26(7-6-15(17)10-18)19-9-14(11-25-12-19)8-16-2-1-3-20(23)21(16)24/h1-5,9-12H,6-8,13H2. The first-order chi connectivity index (χ1) is 12.6. The van der Waals surface area contributed by atoms with Gasteiger partial charge in [-0.15, -0.1) is 0 Å². The average Bonchev–Trinajstić information content (AvgIpc) is 2.65. The Labute approximate surface area is 156 Å². The van der Waals surface area contributed by atoms with Crippen LogP contribution in [0.15, 0.2) is 54.9 Å². The van der Waals surface area contributed by atoms with Gasteiger partial charge in [0.25, 0.3) is 0 Å². The van der Waals surface area contributed by atoms with Crippen molar-refractivity contribution < 1.29 is 8.78 Å². The smallest absolute Gasteiger partial charge is 0.162 e. The van der Waals surface area contributed by atoms with E-state index in [1.54, 1.807) is 12.3 Å². The van der Waals surface area contributed by atoms with Crippen LogP contribution in [-0.2, 0) is 19.4 Å². The van der Waals surface area contributed by atoms with Crippen molar-refractivity contribution in [2.75, 3.05) is 11.4 Å². The predicted molar refractivity (Wildman–Crippen MR) is 99.6 cm³/mol. The van der Waals surface area contributed by atoms with E-state index in [-0.39, 0.29) is 0 Å². The van der Waals surface area contributed by atoms with E-state index in [0.29, 0.717) is 12.0 Å². The Morgan fingerprint density at radius 3 is 2.81 bits per heavy atom. The molecule has 1 aromatic heterocycles. The Morgan fingerprint density at radius 1 is 1.04 bits per heavy atom. The molecule has 1 aliphatic heterocycles. The normalized spacial score (nSPS) is 13.6. The van der Waals surface area contributed by atoms with Crippen molar-refractivity contribution in [3.8, 4) is 0 Å². The van der Waals surface area contributed by atoms with E-state index in [1.165, 1.54) is 17.2 Å². The second kappa shape index (κ2) is 7.04. The van der Waals surface area contributed by atoms with Crippen LogP contribution >= 0.6 is 11.6 Å². The molecule has 0 amide bonds. The van der Waals surface area contributed by atoms with Crippen LogP contribution in [0.3, 0.4) is 0 Å². The summed E-state index contributed by atoms with van der Waals surface area (Å²) < 4.78 is 27.3. The minimum atomic E-state index is -0.821. The van der Waals surface area contributed by atoms with E-state index in [9.17, 15) is 8.78 Å². The van der Waals surface area contributed by atoms with E-state index >= 15 is 0 Å². The van der Waals surface area contributed by atoms with Gasteiger partial charge in [0.15, 0.2) is 11.6 Å². The molecule has 2 nitrogen and oxygen atoms in total. The number of halogens is 3. The Balaban J connectivity index is 1.56. The maximum Gasteiger partial charge on any atom is 0.162 e. The number of benzene rings is 2. The fraction of sp³-hybridized carbons (Fsp3) is 0.190. The van der Waals surface area contributed by atoms with Crippen molar-refractivity contribution in [1.29, 1.82) is 0 Å². The van der Waals surface area contributed by atoms with Gasteiger partial charge in [0.2, 0.25) is 0 Å². The Bertz CT molecular complexity index is 958. The van der Waals surface area contributed by atoms with Crippen LogP contribution in [0.2, 0.25) is 5.02 Å².